The van der Waals surface area contributed by atoms with Crippen molar-refractivity contribution < 1.29 is 28.0 Å². The Morgan fingerprint density at radius 3 is 2.52 bits per heavy atom. The average Bonchev–Trinajstić information content (AvgIpc) is 2.53. The van der Waals surface area contributed by atoms with Gasteiger partial charge in [0.1, 0.15) is 11.8 Å². The molecule has 0 aliphatic rings. The number of hydrogen-bond donors (Lipinski definition) is 2. The molecule has 0 heterocycles. The molecule has 25 heavy (non-hydrogen) atoms. The lowest BCUT2D eigenvalue weighted by molar-refractivity contribution is -0.682. The monoisotopic (exact) mass is 373 g/mol. The topological polar surface area (TPSA) is 54.9 Å². The van der Waals surface area contributed by atoms with E-state index in [2.05, 4.69) is 10.1 Å². The van der Waals surface area contributed by atoms with E-state index in [0.29, 0.717) is 10.7 Å². The van der Waals surface area contributed by atoms with Gasteiger partial charge in [-0.25, -0.2) is 0 Å². The maximum atomic E-state index is 12.1. The molecule has 3 N–H and O–H groups in total. The summed E-state index contributed by atoms with van der Waals surface area (Å²) in [7, 11) is 0. The lowest BCUT2D eigenvalue weighted by Crippen LogP contribution is -2.86. The molecule has 0 aromatic heterocycles. The van der Waals surface area contributed by atoms with Gasteiger partial charge in [0.2, 0.25) is 0 Å². The first-order valence-corrected chi connectivity index (χ1v) is 7.85. The summed E-state index contributed by atoms with van der Waals surface area (Å²) in [5.74, 6) is -0.606. The van der Waals surface area contributed by atoms with Gasteiger partial charge in [-0.05, 0) is 43.3 Å². The lowest BCUT2D eigenvalue weighted by Gasteiger charge is -2.12. The number of nitrogens with one attached hydrogen (secondary N) is 1. The number of halogens is 4. The van der Waals surface area contributed by atoms with Crippen LogP contribution in [0, 0.1) is 0 Å². The fraction of sp³-hybridized carbons (Fsp3) is 0.235. The molecule has 0 unspecified atom stereocenters. The predicted octanol–water partition coefficient (Wildman–Crippen LogP) is 3.50. The van der Waals surface area contributed by atoms with Gasteiger partial charge in [-0.3, -0.25) is 4.79 Å². The van der Waals surface area contributed by atoms with Gasteiger partial charge in [0, 0.05) is 16.3 Å². The van der Waals surface area contributed by atoms with Crippen molar-refractivity contribution in [3.05, 3.63) is 59.1 Å². The minimum Gasteiger partial charge on any atom is -0.406 e. The Morgan fingerprint density at radius 2 is 1.92 bits per heavy atom. The molecule has 134 valence electrons. The molecule has 8 heteroatoms. The number of hydrogen-bond acceptors (Lipinski definition) is 2. The Labute approximate surface area is 147 Å². The van der Waals surface area contributed by atoms with Crippen molar-refractivity contribution in [1.82, 2.24) is 0 Å². The Bertz CT molecular complexity index is 721. The summed E-state index contributed by atoms with van der Waals surface area (Å²) in [5, 5.41) is 5.08. The van der Waals surface area contributed by atoms with Crippen LogP contribution in [0.3, 0.4) is 0 Å². The summed E-state index contributed by atoms with van der Waals surface area (Å²) in [6, 6.07) is 12.4. The van der Waals surface area contributed by atoms with Crippen LogP contribution in [-0.2, 0) is 4.79 Å². The molecular formula is C17H17ClF3N2O2+. The summed E-state index contributed by atoms with van der Waals surface area (Å²) >= 11 is 5.94. The highest BCUT2D eigenvalue weighted by molar-refractivity contribution is 6.30. The maximum Gasteiger partial charge on any atom is 0.573 e. The van der Waals surface area contributed by atoms with Crippen LogP contribution in [0.5, 0.6) is 5.75 Å². The van der Waals surface area contributed by atoms with Crippen LogP contribution in [0.15, 0.2) is 48.5 Å². The number of quaternary nitrogens is 1. The first kappa shape index (κ1) is 19.1. The van der Waals surface area contributed by atoms with Crippen molar-refractivity contribution >= 4 is 23.2 Å². The van der Waals surface area contributed by atoms with Gasteiger partial charge in [0.15, 0.2) is 6.54 Å². The molecule has 0 saturated heterocycles. The van der Waals surface area contributed by atoms with Crippen LogP contribution in [0.1, 0.15) is 18.5 Å². The van der Waals surface area contributed by atoms with Crippen molar-refractivity contribution in [2.45, 2.75) is 19.3 Å². The van der Waals surface area contributed by atoms with Crippen LogP contribution in [-0.4, -0.2) is 18.8 Å². The smallest absolute Gasteiger partial charge is 0.406 e. The van der Waals surface area contributed by atoms with Crippen LogP contribution in [0.25, 0.3) is 0 Å². The molecule has 0 spiro atoms. The Balaban J connectivity index is 1.84. The number of anilines is 1. The average molecular weight is 374 g/mol. The molecule has 4 nitrogen and oxygen atoms in total. The summed E-state index contributed by atoms with van der Waals surface area (Å²) in [5.41, 5.74) is 1.39. The van der Waals surface area contributed by atoms with E-state index in [0.717, 1.165) is 17.7 Å². The van der Waals surface area contributed by atoms with Gasteiger partial charge in [-0.1, -0.05) is 23.7 Å². The second-order valence-corrected chi connectivity index (χ2v) is 5.84. The second-order valence-electron chi connectivity index (χ2n) is 5.40. The molecule has 2 aromatic carbocycles. The SMILES string of the molecule is C[C@H]([NH2+]CC(=O)Nc1ccc(OC(F)(F)F)cc1)c1cccc(Cl)c1. The lowest BCUT2D eigenvalue weighted by atomic mass is 10.1. The van der Waals surface area contributed by atoms with Gasteiger partial charge in [-0.15, -0.1) is 13.2 Å². The van der Waals surface area contributed by atoms with Crippen LogP contribution in [0.2, 0.25) is 5.02 Å². The van der Waals surface area contributed by atoms with Gasteiger partial charge >= 0.3 is 6.36 Å². The van der Waals surface area contributed by atoms with E-state index in [1.165, 1.54) is 12.1 Å². The highest BCUT2D eigenvalue weighted by atomic mass is 35.5. The first-order chi connectivity index (χ1) is 11.7. The molecule has 0 radical (unpaired) electrons. The van der Waals surface area contributed by atoms with Crippen LogP contribution >= 0.6 is 11.6 Å². The third-order valence-corrected chi connectivity index (χ3v) is 3.64. The Hall–Kier alpha value is -2.25. The van der Waals surface area contributed by atoms with Gasteiger partial charge < -0.3 is 15.4 Å². The van der Waals surface area contributed by atoms with E-state index in [4.69, 9.17) is 11.6 Å². The fourth-order valence-corrected chi connectivity index (χ4v) is 2.36. The minimum absolute atomic E-state index is 0.0343. The Morgan fingerprint density at radius 1 is 1.24 bits per heavy atom. The predicted molar refractivity (Wildman–Crippen MR) is 88.4 cm³/mol. The summed E-state index contributed by atoms with van der Waals surface area (Å²) < 4.78 is 40.0. The standard InChI is InChI=1S/C17H16ClF3N2O2/c1-11(12-3-2-4-13(18)9-12)22-10-16(24)23-14-5-7-15(8-6-14)25-17(19,20)21/h2-9,11,22H,10H2,1H3,(H,23,24)/p+1/t11-/m0/s1. The Kier molecular flexibility index (Phi) is 6.27. The van der Waals surface area contributed by atoms with E-state index >= 15 is 0 Å². The van der Waals surface area contributed by atoms with Crippen molar-refractivity contribution in [2.24, 2.45) is 0 Å². The van der Waals surface area contributed by atoms with E-state index in [-0.39, 0.29) is 24.2 Å². The van der Waals surface area contributed by atoms with Gasteiger partial charge in [0.05, 0.1) is 0 Å². The van der Waals surface area contributed by atoms with Crippen molar-refractivity contribution in [2.75, 3.05) is 11.9 Å². The van der Waals surface area contributed by atoms with E-state index in [1.807, 2.05) is 30.4 Å². The first-order valence-electron chi connectivity index (χ1n) is 7.47. The third-order valence-electron chi connectivity index (χ3n) is 3.40. The van der Waals surface area contributed by atoms with E-state index < -0.39 is 6.36 Å². The van der Waals surface area contributed by atoms with Crippen molar-refractivity contribution in [3.8, 4) is 5.75 Å². The molecule has 0 saturated carbocycles. The number of carbonyl (C=O) groups is 1. The largest absolute Gasteiger partial charge is 0.573 e. The second kappa shape index (κ2) is 8.22. The number of benzene rings is 2. The number of nitrogens with two attached hydrogens (primary N) is 1. The normalized spacial score (nSPS) is 12.5. The molecular weight excluding hydrogens is 357 g/mol. The van der Waals surface area contributed by atoms with Gasteiger partial charge in [0.25, 0.3) is 5.91 Å². The zero-order chi connectivity index (χ0) is 18.4. The van der Waals surface area contributed by atoms with Crippen molar-refractivity contribution in [3.63, 3.8) is 0 Å². The minimum atomic E-state index is -4.74. The molecule has 2 aromatic rings. The number of carbonyl (C=O) groups excluding carboxylic acids is 1. The summed E-state index contributed by atoms with van der Waals surface area (Å²) in [6.45, 7) is 2.11. The van der Waals surface area contributed by atoms with E-state index in [9.17, 15) is 18.0 Å². The molecule has 0 bridgehead atoms. The highest BCUT2D eigenvalue weighted by Gasteiger charge is 2.30. The van der Waals surface area contributed by atoms with Gasteiger partial charge in [-0.2, -0.15) is 0 Å². The quantitative estimate of drug-likeness (QED) is 0.814. The number of ether oxygens (including phenoxy) is 1. The fourth-order valence-electron chi connectivity index (χ4n) is 2.16. The zero-order valence-electron chi connectivity index (χ0n) is 13.3. The molecule has 2 rings (SSSR count). The molecule has 0 aliphatic heterocycles. The number of alkyl halides is 3. The van der Waals surface area contributed by atoms with Crippen LogP contribution < -0.4 is 15.4 Å². The number of rotatable bonds is 6. The van der Waals surface area contributed by atoms with Crippen molar-refractivity contribution in [1.29, 1.82) is 0 Å². The molecule has 1 atom stereocenters. The highest BCUT2D eigenvalue weighted by Crippen LogP contribution is 2.23. The maximum absolute atomic E-state index is 12.1. The third kappa shape index (κ3) is 6.64. The molecule has 1 amide bonds. The number of amides is 1. The summed E-state index contributed by atoms with van der Waals surface area (Å²) in [4.78, 5) is 11.9. The molecule has 0 fully saturated rings. The van der Waals surface area contributed by atoms with Crippen LogP contribution in [0.4, 0.5) is 18.9 Å². The van der Waals surface area contributed by atoms with E-state index in [1.54, 1.807) is 6.07 Å². The molecule has 0 aliphatic carbocycles. The summed E-state index contributed by atoms with van der Waals surface area (Å²) in [6.07, 6.45) is -4.74. The zero-order valence-corrected chi connectivity index (χ0v) is 14.1.